The number of carbonyl (C=O) groups excluding carboxylic acids is 3. The zero-order valence-electron chi connectivity index (χ0n) is 25.6. The molecular formula is C35H41N3O6. The lowest BCUT2D eigenvalue weighted by Gasteiger charge is -2.41. The van der Waals surface area contributed by atoms with Crippen LogP contribution in [-0.2, 0) is 25.5 Å². The summed E-state index contributed by atoms with van der Waals surface area (Å²) in [4.78, 5) is 49.1. The third-order valence-electron chi connectivity index (χ3n) is 9.76. The van der Waals surface area contributed by atoms with Crippen molar-refractivity contribution in [1.82, 2.24) is 9.80 Å². The largest absolute Gasteiger partial charge is 0.497 e. The molecule has 4 aliphatic rings. The maximum absolute atomic E-state index is 14.9. The summed E-state index contributed by atoms with van der Waals surface area (Å²) in [5.74, 6) is -1.85. The van der Waals surface area contributed by atoms with E-state index in [1.807, 2.05) is 80.6 Å². The second-order valence-corrected chi connectivity index (χ2v) is 12.1. The highest BCUT2D eigenvalue weighted by Crippen LogP contribution is 2.59. The van der Waals surface area contributed by atoms with Crippen LogP contribution in [0.25, 0.3) is 0 Å². The van der Waals surface area contributed by atoms with Crippen molar-refractivity contribution in [3.8, 4) is 5.75 Å². The smallest absolute Gasteiger partial charge is 0.253 e. The summed E-state index contributed by atoms with van der Waals surface area (Å²) in [5, 5.41) is 10.8. The van der Waals surface area contributed by atoms with Gasteiger partial charge in [0.1, 0.15) is 17.4 Å². The van der Waals surface area contributed by atoms with E-state index in [-0.39, 0.29) is 30.9 Å². The quantitative estimate of drug-likeness (QED) is 0.444. The van der Waals surface area contributed by atoms with Crippen LogP contribution in [0.15, 0.2) is 78.9 Å². The van der Waals surface area contributed by atoms with Crippen LogP contribution < -0.4 is 9.64 Å². The number of ether oxygens (including phenoxy) is 2. The molecule has 0 aliphatic carbocycles. The molecule has 4 heterocycles. The van der Waals surface area contributed by atoms with Crippen molar-refractivity contribution in [1.29, 1.82) is 0 Å². The Bertz CT molecular complexity index is 1460. The van der Waals surface area contributed by atoms with E-state index in [0.29, 0.717) is 37.4 Å². The van der Waals surface area contributed by atoms with Gasteiger partial charge in [0.2, 0.25) is 11.8 Å². The van der Waals surface area contributed by atoms with Crippen molar-refractivity contribution >= 4 is 23.4 Å². The molecular weight excluding hydrogens is 558 g/mol. The number of aliphatic hydroxyl groups is 1. The van der Waals surface area contributed by atoms with Gasteiger partial charge in [-0.25, -0.2) is 0 Å². The van der Waals surface area contributed by atoms with E-state index < -0.39 is 35.1 Å². The number of aliphatic hydroxyl groups excluding tert-OH is 1. The lowest BCUT2D eigenvalue weighted by atomic mass is 9.73. The molecule has 9 heteroatoms. The maximum Gasteiger partial charge on any atom is 0.253 e. The highest BCUT2D eigenvalue weighted by Gasteiger charge is 2.76. The number of hydrogen-bond donors (Lipinski definition) is 1. The van der Waals surface area contributed by atoms with E-state index in [9.17, 15) is 19.5 Å². The van der Waals surface area contributed by atoms with Crippen LogP contribution in [0.5, 0.6) is 5.75 Å². The average molecular weight is 600 g/mol. The molecule has 44 heavy (non-hydrogen) atoms. The molecule has 0 aromatic heterocycles. The molecule has 2 aromatic rings. The van der Waals surface area contributed by atoms with Crippen molar-refractivity contribution in [2.45, 2.75) is 56.4 Å². The van der Waals surface area contributed by atoms with Crippen LogP contribution in [0.3, 0.4) is 0 Å². The number of fused-ring (bicyclic) bond motifs is 2. The van der Waals surface area contributed by atoms with Gasteiger partial charge in [-0.3, -0.25) is 14.4 Å². The third kappa shape index (κ3) is 4.64. The summed E-state index contributed by atoms with van der Waals surface area (Å²) in [6.45, 7) is 4.91. The van der Waals surface area contributed by atoms with Gasteiger partial charge >= 0.3 is 0 Å². The van der Waals surface area contributed by atoms with E-state index >= 15 is 0 Å². The van der Waals surface area contributed by atoms with E-state index in [0.717, 1.165) is 12.0 Å². The Hall–Kier alpha value is -3.95. The van der Waals surface area contributed by atoms with Gasteiger partial charge in [-0.1, -0.05) is 68.5 Å². The summed E-state index contributed by atoms with van der Waals surface area (Å²) < 4.78 is 12.4. The first-order valence-corrected chi connectivity index (χ1v) is 15.6. The number of benzene rings is 2. The Morgan fingerprint density at radius 2 is 1.66 bits per heavy atom. The summed E-state index contributed by atoms with van der Waals surface area (Å²) in [6, 6.07) is 15.1. The highest BCUT2D eigenvalue weighted by molar-refractivity contribution is 6.06. The van der Waals surface area contributed by atoms with E-state index in [1.54, 1.807) is 29.0 Å². The molecule has 0 radical (unpaired) electrons. The lowest BCUT2D eigenvalue weighted by molar-refractivity contribution is -0.152. The normalized spacial score (nSPS) is 30.1. The molecule has 6 atom stereocenters. The number of anilines is 1. The first-order chi connectivity index (χ1) is 21.3. The highest BCUT2D eigenvalue weighted by atomic mass is 16.5. The van der Waals surface area contributed by atoms with E-state index in [2.05, 4.69) is 0 Å². The van der Waals surface area contributed by atoms with Crippen molar-refractivity contribution in [2.24, 2.45) is 11.8 Å². The van der Waals surface area contributed by atoms with Crippen LogP contribution in [-0.4, -0.2) is 89.3 Å². The van der Waals surface area contributed by atoms with Crippen LogP contribution >= 0.6 is 0 Å². The van der Waals surface area contributed by atoms with Crippen molar-refractivity contribution in [3.63, 3.8) is 0 Å². The number of hydrogen-bond acceptors (Lipinski definition) is 6. The van der Waals surface area contributed by atoms with Crippen LogP contribution in [0.2, 0.25) is 0 Å². The standard InChI is InChI=1S/C35H41N3O6/c1-4-19-36-20-9-17-34(5-2)28(31(36)40)29-32(41)38(26(23-39)22-24-11-7-6-8-12-24)30-33(42)37(21-10-18-35(29,30)44-34)25-13-15-27(43-3)16-14-25/h6-18,26,28-30,39H,4-5,19-23H2,1-3H3/t26-,28-,29+,30?,34+,35+/m1/s1. The summed E-state index contributed by atoms with van der Waals surface area (Å²) >= 11 is 0. The molecule has 9 nitrogen and oxygen atoms in total. The Morgan fingerprint density at radius 1 is 0.932 bits per heavy atom. The fourth-order valence-corrected chi connectivity index (χ4v) is 7.75. The molecule has 1 unspecified atom stereocenters. The zero-order chi connectivity index (χ0) is 31.1. The first-order valence-electron chi connectivity index (χ1n) is 15.6. The van der Waals surface area contributed by atoms with Gasteiger partial charge in [0, 0.05) is 25.3 Å². The second-order valence-electron chi connectivity index (χ2n) is 12.1. The molecule has 2 aromatic carbocycles. The minimum atomic E-state index is -1.39. The molecule has 0 saturated carbocycles. The van der Waals surface area contributed by atoms with E-state index in [4.69, 9.17) is 9.47 Å². The zero-order valence-corrected chi connectivity index (χ0v) is 25.6. The summed E-state index contributed by atoms with van der Waals surface area (Å²) in [7, 11) is 1.59. The number of carbonyl (C=O) groups is 3. The van der Waals surface area contributed by atoms with Gasteiger partial charge in [-0.05, 0) is 49.1 Å². The minimum absolute atomic E-state index is 0.129. The van der Waals surface area contributed by atoms with Gasteiger partial charge < -0.3 is 29.3 Å². The third-order valence-corrected chi connectivity index (χ3v) is 9.76. The van der Waals surface area contributed by atoms with Gasteiger partial charge in [-0.15, -0.1) is 0 Å². The van der Waals surface area contributed by atoms with Gasteiger partial charge in [0.15, 0.2) is 0 Å². The van der Waals surface area contributed by atoms with Gasteiger partial charge in [0.25, 0.3) is 5.91 Å². The summed E-state index contributed by atoms with van der Waals surface area (Å²) in [5.41, 5.74) is -0.854. The molecule has 2 saturated heterocycles. The average Bonchev–Trinajstić information content (AvgIpc) is 3.35. The molecule has 2 fully saturated rings. The number of likely N-dealkylation sites (tertiary alicyclic amines) is 1. The summed E-state index contributed by atoms with van der Waals surface area (Å²) in [6.07, 6.45) is 9.25. The molecule has 1 N–H and O–H groups in total. The molecule has 0 bridgehead atoms. The maximum atomic E-state index is 14.9. The van der Waals surface area contributed by atoms with E-state index in [1.165, 1.54) is 4.90 Å². The molecule has 3 amide bonds. The Kier molecular flexibility index (Phi) is 8.11. The Balaban J connectivity index is 1.50. The monoisotopic (exact) mass is 599 g/mol. The molecule has 1 spiro atoms. The Morgan fingerprint density at radius 3 is 2.32 bits per heavy atom. The van der Waals surface area contributed by atoms with Crippen molar-refractivity contribution in [3.05, 3.63) is 84.5 Å². The fraction of sp³-hybridized carbons (Fsp3) is 0.457. The number of rotatable bonds is 9. The van der Waals surface area contributed by atoms with Crippen LogP contribution in [0.1, 0.15) is 32.3 Å². The first kappa shape index (κ1) is 30.1. The van der Waals surface area contributed by atoms with Crippen LogP contribution in [0.4, 0.5) is 5.69 Å². The lowest BCUT2D eigenvalue weighted by Crippen LogP contribution is -2.59. The number of nitrogens with zero attached hydrogens (tertiary/aromatic N) is 3. The van der Waals surface area contributed by atoms with Crippen molar-refractivity contribution < 1.29 is 29.0 Å². The van der Waals surface area contributed by atoms with Gasteiger partial charge in [-0.2, -0.15) is 0 Å². The SMILES string of the molecule is CCCN1CC=C[C@]2(CC)O[C@]34C=CCN(c5ccc(OC)cc5)C(=O)C3N([C@@H](CO)Cc3ccccc3)C(=O)[C@@H]4[C@@H]2C1=O. The minimum Gasteiger partial charge on any atom is -0.497 e. The van der Waals surface area contributed by atoms with Gasteiger partial charge in [0.05, 0.1) is 37.2 Å². The fourth-order valence-electron chi connectivity index (χ4n) is 7.75. The number of amides is 3. The predicted octanol–water partition coefficient (Wildman–Crippen LogP) is 3.37. The predicted molar refractivity (Wildman–Crippen MR) is 166 cm³/mol. The number of methoxy groups -OCH3 is 1. The molecule has 232 valence electrons. The van der Waals surface area contributed by atoms with Crippen molar-refractivity contribution in [2.75, 3.05) is 38.3 Å². The topological polar surface area (TPSA) is 99.6 Å². The Labute approximate surface area is 258 Å². The van der Waals surface area contributed by atoms with Crippen LogP contribution in [0, 0.1) is 11.8 Å². The molecule has 4 aliphatic heterocycles. The molecule has 6 rings (SSSR count). The second kappa shape index (κ2) is 11.9.